The molecule has 0 radical (unpaired) electrons. The van der Waals surface area contributed by atoms with Crippen LogP contribution in [-0.2, 0) is 6.54 Å². The number of nitriles is 1. The van der Waals surface area contributed by atoms with Gasteiger partial charge in [-0.3, -0.25) is 0 Å². The van der Waals surface area contributed by atoms with E-state index in [9.17, 15) is 0 Å². The average molecular weight is 225 g/mol. The number of nitrogens with one attached hydrogen (secondary N) is 1. The molecule has 3 nitrogen and oxygen atoms in total. The number of aromatic amines is 1. The summed E-state index contributed by atoms with van der Waals surface area (Å²) in [6.45, 7) is 0.899. The number of aryl methyl sites for hydroxylation is 1. The summed E-state index contributed by atoms with van der Waals surface area (Å²) in [6.07, 6.45) is 9.48. The molecule has 2 rings (SSSR count). The summed E-state index contributed by atoms with van der Waals surface area (Å²) in [4.78, 5) is 3.01. The molecular formula is C14H15N3+2. The van der Waals surface area contributed by atoms with Gasteiger partial charge in [0.05, 0.1) is 6.07 Å². The molecule has 0 aliphatic rings. The van der Waals surface area contributed by atoms with Gasteiger partial charge in [0.1, 0.15) is 6.54 Å². The molecule has 2 aromatic heterocycles. The molecule has 3 heteroatoms. The Morgan fingerprint density at radius 1 is 1.06 bits per heavy atom. The molecule has 17 heavy (non-hydrogen) atoms. The summed E-state index contributed by atoms with van der Waals surface area (Å²) in [5.41, 5.74) is 2.41. The first-order valence-electron chi connectivity index (χ1n) is 5.73. The lowest BCUT2D eigenvalue weighted by atomic mass is 10.1. The normalized spacial score (nSPS) is 9.82. The molecule has 1 N–H and O–H groups in total. The molecular weight excluding hydrogens is 210 g/mol. The molecule has 0 aliphatic carbocycles. The van der Waals surface area contributed by atoms with Crippen LogP contribution in [0.25, 0.3) is 11.1 Å². The van der Waals surface area contributed by atoms with E-state index in [0.29, 0.717) is 6.42 Å². The molecule has 0 fully saturated rings. The highest BCUT2D eigenvalue weighted by molar-refractivity contribution is 5.60. The van der Waals surface area contributed by atoms with E-state index >= 15 is 0 Å². The van der Waals surface area contributed by atoms with Gasteiger partial charge in [0.25, 0.3) is 0 Å². The highest BCUT2D eigenvalue weighted by atomic mass is 14.9. The third-order valence-electron chi connectivity index (χ3n) is 2.65. The SMILES string of the molecule is N#CCCC[n+]1ccc(-c2cc[nH+]cc2)cc1. The van der Waals surface area contributed by atoms with Crippen LogP contribution in [-0.4, -0.2) is 0 Å². The van der Waals surface area contributed by atoms with Crippen LogP contribution in [0, 0.1) is 11.3 Å². The summed E-state index contributed by atoms with van der Waals surface area (Å²) < 4.78 is 2.11. The van der Waals surface area contributed by atoms with E-state index in [0.717, 1.165) is 13.0 Å². The Hall–Kier alpha value is -2.21. The van der Waals surface area contributed by atoms with Crippen LogP contribution in [0.4, 0.5) is 0 Å². The van der Waals surface area contributed by atoms with Gasteiger partial charge in [0.15, 0.2) is 24.8 Å². The fraction of sp³-hybridized carbons (Fsp3) is 0.214. The number of aromatic nitrogens is 2. The first-order valence-corrected chi connectivity index (χ1v) is 5.73. The van der Waals surface area contributed by atoms with Gasteiger partial charge in [-0.15, -0.1) is 0 Å². The van der Waals surface area contributed by atoms with Gasteiger partial charge in [-0.1, -0.05) is 0 Å². The van der Waals surface area contributed by atoms with Gasteiger partial charge in [0, 0.05) is 37.1 Å². The molecule has 0 aliphatic heterocycles. The quantitative estimate of drug-likeness (QED) is 0.577. The minimum Gasteiger partial charge on any atom is -0.218 e. The number of hydrogen-bond acceptors (Lipinski definition) is 1. The molecule has 0 spiro atoms. The van der Waals surface area contributed by atoms with Gasteiger partial charge >= 0.3 is 0 Å². The van der Waals surface area contributed by atoms with Gasteiger partial charge < -0.3 is 0 Å². The van der Waals surface area contributed by atoms with E-state index in [-0.39, 0.29) is 0 Å². The van der Waals surface area contributed by atoms with Crippen LogP contribution in [0.5, 0.6) is 0 Å². The number of H-pyrrole nitrogens is 1. The molecule has 84 valence electrons. The monoisotopic (exact) mass is 225 g/mol. The summed E-state index contributed by atoms with van der Waals surface area (Å²) in [5, 5.41) is 8.47. The zero-order valence-electron chi connectivity index (χ0n) is 9.63. The molecule has 0 atom stereocenters. The molecule has 0 saturated heterocycles. The van der Waals surface area contributed by atoms with E-state index < -0.39 is 0 Å². The summed E-state index contributed by atoms with van der Waals surface area (Å²) in [7, 11) is 0. The Kier molecular flexibility index (Phi) is 3.82. The first kappa shape index (κ1) is 11.3. The highest BCUT2D eigenvalue weighted by Crippen LogP contribution is 2.14. The minimum atomic E-state index is 0.614. The maximum atomic E-state index is 8.47. The van der Waals surface area contributed by atoms with Crippen LogP contribution in [0.3, 0.4) is 0 Å². The van der Waals surface area contributed by atoms with E-state index in [1.807, 2.05) is 12.4 Å². The zero-order valence-corrected chi connectivity index (χ0v) is 9.63. The lowest BCUT2D eigenvalue weighted by Gasteiger charge is -1.98. The standard InChI is InChI=1S/C14H14N3/c15-7-1-2-10-17-11-5-14(6-12-17)13-3-8-16-9-4-13/h3-6,8-9,11-12H,1-2,10H2/q+1/p+1. The smallest absolute Gasteiger partial charge is 0.169 e. The fourth-order valence-corrected chi connectivity index (χ4v) is 1.72. The van der Waals surface area contributed by atoms with E-state index in [4.69, 9.17) is 5.26 Å². The van der Waals surface area contributed by atoms with Gasteiger partial charge in [0.2, 0.25) is 0 Å². The molecule has 0 bridgehead atoms. The lowest BCUT2D eigenvalue weighted by Crippen LogP contribution is -2.32. The highest BCUT2D eigenvalue weighted by Gasteiger charge is 2.02. The Bertz CT molecular complexity index is 497. The molecule has 2 heterocycles. The van der Waals surface area contributed by atoms with Crippen LogP contribution in [0.1, 0.15) is 12.8 Å². The zero-order chi connectivity index (χ0) is 11.9. The number of nitrogens with zero attached hydrogens (tertiary/aromatic N) is 2. The number of rotatable bonds is 4. The average Bonchev–Trinajstić information content (AvgIpc) is 2.41. The van der Waals surface area contributed by atoms with E-state index in [1.165, 1.54) is 11.1 Å². The summed E-state index contributed by atoms with van der Waals surface area (Å²) in [6, 6.07) is 10.5. The van der Waals surface area contributed by atoms with Crippen LogP contribution < -0.4 is 9.55 Å². The lowest BCUT2D eigenvalue weighted by molar-refractivity contribution is -0.697. The molecule has 0 saturated carbocycles. The summed E-state index contributed by atoms with van der Waals surface area (Å²) >= 11 is 0. The maximum Gasteiger partial charge on any atom is 0.169 e. The second-order valence-electron chi connectivity index (χ2n) is 3.87. The Balaban J connectivity index is 2.06. The van der Waals surface area contributed by atoms with Gasteiger partial charge in [-0.25, -0.2) is 9.55 Å². The van der Waals surface area contributed by atoms with Crippen molar-refractivity contribution in [3.8, 4) is 17.2 Å². The predicted octanol–water partition coefficient (Wildman–Crippen LogP) is 1.76. The molecule has 0 unspecified atom stereocenters. The Morgan fingerprint density at radius 2 is 1.71 bits per heavy atom. The fourth-order valence-electron chi connectivity index (χ4n) is 1.72. The van der Waals surface area contributed by atoms with Crippen LogP contribution >= 0.6 is 0 Å². The van der Waals surface area contributed by atoms with Crippen molar-refractivity contribution in [2.24, 2.45) is 0 Å². The molecule has 2 aromatic rings. The Morgan fingerprint density at radius 3 is 2.35 bits per heavy atom. The maximum absolute atomic E-state index is 8.47. The topological polar surface area (TPSA) is 41.8 Å². The van der Waals surface area contributed by atoms with Crippen LogP contribution in [0.2, 0.25) is 0 Å². The largest absolute Gasteiger partial charge is 0.218 e. The second kappa shape index (κ2) is 5.76. The van der Waals surface area contributed by atoms with Crippen molar-refractivity contribution in [3.63, 3.8) is 0 Å². The van der Waals surface area contributed by atoms with Gasteiger partial charge in [-0.05, 0) is 11.1 Å². The second-order valence-corrected chi connectivity index (χ2v) is 3.87. The van der Waals surface area contributed by atoms with Crippen molar-refractivity contribution in [2.75, 3.05) is 0 Å². The van der Waals surface area contributed by atoms with E-state index in [2.05, 4.69) is 52.3 Å². The van der Waals surface area contributed by atoms with Crippen molar-refractivity contribution >= 4 is 0 Å². The number of hydrogen-bond donors (Lipinski definition) is 0. The number of unbranched alkanes of at least 4 members (excludes halogenated alkanes) is 1. The van der Waals surface area contributed by atoms with Crippen molar-refractivity contribution < 1.29 is 9.55 Å². The first-order chi connectivity index (χ1) is 8.40. The number of pyridine rings is 2. The Labute approximate surface area is 101 Å². The van der Waals surface area contributed by atoms with Crippen molar-refractivity contribution in [1.29, 1.82) is 5.26 Å². The third-order valence-corrected chi connectivity index (χ3v) is 2.65. The predicted molar refractivity (Wildman–Crippen MR) is 63.5 cm³/mol. The summed E-state index contributed by atoms with van der Waals surface area (Å²) in [5.74, 6) is 0. The molecule has 0 amide bonds. The molecule has 0 aromatic carbocycles. The minimum absolute atomic E-state index is 0.614. The van der Waals surface area contributed by atoms with Crippen LogP contribution in [0.15, 0.2) is 49.1 Å². The van der Waals surface area contributed by atoms with Gasteiger partial charge in [-0.2, -0.15) is 5.26 Å². The third kappa shape index (κ3) is 3.12. The van der Waals surface area contributed by atoms with Crippen molar-refractivity contribution in [3.05, 3.63) is 49.1 Å². The van der Waals surface area contributed by atoms with E-state index in [1.54, 1.807) is 0 Å². The van der Waals surface area contributed by atoms with Crippen molar-refractivity contribution in [1.82, 2.24) is 0 Å². The van der Waals surface area contributed by atoms with Crippen molar-refractivity contribution in [2.45, 2.75) is 19.4 Å².